The van der Waals surface area contributed by atoms with Crippen LogP contribution in [0.2, 0.25) is 0 Å². The quantitative estimate of drug-likeness (QED) is 0.918. The van der Waals surface area contributed by atoms with Crippen LogP contribution in [0.25, 0.3) is 0 Å². The van der Waals surface area contributed by atoms with Gasteiger partial charge in [-0.15, -0.1) is 11.3 Å². The summed E-state index contributed by atoms with van der Waals surface area (Å²) >= 11 is 5.18. The lowest BCUT2D eigenvalue weighted by Crippen LogP contribution is -2.05. The Kier molecular flexibility index (Phi) is 3.38. The molecule has 15 heavy (non-hydrogen) atoms. The molecule has 2 rings (SSSR count). The summed E-state index contributed by atoms with van der Waals surface area (Å²) in [4.78, 5) is 5.32. The minimum atomic E-state index is 0.288. The Hall–Kier alpha value is -0.870. The Labute approximate surface area is 101 Å². The first kappa shape index (κ1) is 10.6. The molecule has 1 heterocycles. The molecular weight excluding hydrogens is 272 g/mol. The molecule has 0 aliphatic heterocycles. The van der Waals surface area contributed by atoms with Crippen molar-refractivity contribution < 1.29 is 0 Å². The van der Waals surface area contributed by atoms with Crippen LogP contribution in [-0.2, 0) is 0 Å². The van der Waals surface area contributed by atoms with Crippen LogP contribution in [0.1, 0.15) is 17.8 Å². The van der Waals surface area contributed by atoms with Crippen LogP contribution in [-0.4, -0.2) is 4.98 Å². The summed E-state index contributed by atoms with van der Waals surface area (Å²) in [5, 5.41) is 3.44. The normalized spacial score (nSPS) is 12.4. The molecule has 0 saturated carbocycles. The van der Waals surface area contributed by atoms with Crippen LogP contribution >= 0.6 is 27.3 Å². The second-order valence-electron chi connectivity index (χ2n) is 3.25. The van der Waals surface area contributed by atoms with Gasteiger partial charge in [-0.2, -0.15) is 0 Å². The summed E-state index contributed by atoms with van der Waals surface area (Å²) in [6, 6.07) is 8.40. The molecule has 4 heteroatoms. The Morgan fingerprint density at radius 3 is 2.87 bits per heavy atom. The molecule has 1 aromatic heterocycles. The third-order valence-electron chi connectivity index (χ3n) is 2.12. The Morgan fingerprint density at radius 1 is 1.40 bits per heavy atom. The van der Waals surface area contributed by atoms with Crippen LogP contribution in [0, 0.1) is 0 Å². The maximum Gasteiger partial charge on any atom is 0.0795 e. The van der Waals surface area contributed by atoms with Gasteiger partial charge in [0.2, 0.25) is 0 Å². The molecule has 0 saturated heterocycles. The van der Waals surface area contributed by atoms with E-state index in [0.29, 0.717) is 0 Å². The van der Waals surface area contributed by atoms with Gasteiger partial charge < -0.3 is 5.32 Å². The van der Waals surface area contributed by atoms with Crippen molar-refractivity contribution in [2.45, 2.75) is 13.0 Å². The zero-order valence-electron chi connectivity index (χ0n) is 8.27. The smallest absolute Gasteiger partial charge is 0.0795 e. The number of nitrogens with zero attached hydrogens (tertiary/aromatic N) is 1. The fourth-order valence-electron chi connectivity index (χ4n) is 1.32. The molecule has 0 bridgehead atoms. The van der Waals surface area contributed by atoms with Gasteiger partial charge in [-0.1, -0.05) is 12.1 Å². The highest BCUT2D eigenvalue weighted by atomic mass is 79.9. The van der Waals surface area contributed by atoms with Crippen molar-refractivity contribution in [1.82, 2.24) is 4.98 Å². The van der Waals surface area contributed by atoms with Crippen molar-refractivity contribution in [3.05, 3.63) is 45.3 Å². The first-order valence-electron chi connectivity index (χ1n) is 4.67. The van der Waals surface area contributed by atoms with Gasteiger partial charge in [-0.05, 0) is 35.0 Å². The molecule has 2 nitrogen and oxygen atoms in total. The number of para-hydroxylation sites is 1. The number of rotatable bonds is 3. The minimum Gasteiger partial charge on any atom is -0.377 e. The summed E-state index contributed by atoms with van der Waals surface area (Å²) in [6.45, 7) is 2.13. The van der Waals surface area contributed by atoms with Gasteiger partial charge >= 0.3 is 0 Å². The highest BCUT2D eigenvalue weighted by Gasteiger charge is 2.07. The molecule has 78 valence electrons. The Morgan fingerprint density at radius 2 is 2.20 bits per heavy atom. The van der Waals surface area contributed by atoms with Crippen molar-refractivity contribution in [3.8, 4) is 0 Å². The van der Waals surface area contributed by atoms with E-state index in [9.17, 15) is 0 Å². The first-order chi connectivity index (χ1) is 7.27. The van der Waals surface area contributed by atoms with Crippen molar-refractivity contribution in [3.63, 3.8) is 0 Å². The molecule has 0 aliphatic rings. The van der Waals surface area contributed by atoms with E-state index in [1.54, 1.807) is 11.3 Å². The third-order valence-corrected chi connectivity index (χ3v) is 3.77. The van der Waals surface area contributed by atoms with Gasteiger partial charge in [0.15, 0.2) is 0 Å². The van der Waals surface area contributed by atoms with E-state index in [1.165, 1.54) is 4.88 Å². The molecule has 0 spiro atoms. The molecule has 1 atom stereocenters. The predicted molar refractivity (Wildman–Crippen MR) is 68.3 cm³/mol. The van der Waals surface area contributed by atoms with Gasteiger partial charge in [0, 0.05) is 21.2 Å². The average molecular weight is 283 g/mol. The molecule has 2 aromatic rings. The van der Waals surface area contributed by atoms with Crippen molar-refractivity contribution in [2.75, 3.05) is 5.32 Å². The van der Waals surface area contributed by atoms with Crippen molar-refractivity contribution >= 4 is 33.0 Å². The molecule has 0 fully saturated rings. The second kappa shape index (κ2) is 4.77. The SMILES string of the molecule is CC(Nc1ccccc1Br)c1cncs1. The number of thiazole rings is 1. The van der Waals surface area contributed by atoms with E-state index in [4.69, 9.17) is 0 Å². The topological polar surface area (TPSA) is 24.9 Å². The maximum absolute atomic E-state index is 4.07. The highest BCUT2D eigenvalue weighted by molar-refractivity contribution is 9.10. The number of hydrogen-bond acceptors (Lipinski definition) is 3. The second-order valence-corrected chi connectivity index (χ2v) is 5.02. The van der Waals surface area contributed by atoms with Crippen LogP contribution < -0.4 is 5.32 Å². The highest BCUT2D eigenvalue weighted by Crippen LogP contribution is 2.27. The van der Waals surface area contributed by atoms with E-state index >= 15 is 0 Å². The molecule has 0 aliphatic carbocycles. The van der Waals surface area contributed by atoms with E-state index in [2.05, 4.69) is 39.2 Å². The lowest BCUT2D eigenvalue weighted by molar-refractivity contribution is 0.902. The van der Waals surface area contributed by atoms with Crippen LogP contribution in [0.15, 0.2) is 40.4 Å². The number of hydrogen-bond donors (Lipinski definition) is 1. The largest absolute Gasteiger partial charge is 0.377 e. The molecular formula is C11H11BrN2S. The molecule has 1 unspecified atom stereocenters. The number of aromatic nitrogens is 1. The van der Waals surface area contributed by atoms with Gasteiger partial charge in [-0.25, -0.2) is 0 Å². The lowest BCUT2D eigenvalue weighted by Gasteiger charge is -2.14. The average Bonchev–Trinajstić information content (AvgIpc) is 2.74. The Balaban J connectivity index is 2.13. The van der Waals surface area contributed by atoms with Crippen molar-refractivity contribution in [1.29, 1.82) is 0 Å². The zero-order valence-corrected chi connectivity index (χ0v) is 10.7. The molecule has 0 radical (unpaired) electrons. The van der Waals surface area contributed by atoms with E-state index in [1.807, 2.05) is 29.9 Å². The number of halogens is 1. The lowest BCUT2D eigenvalue weighted by atomic mass is 10.2. The van der Waals surface area contributed by atoms with Crippen molar-refractivity contribution in [2.24, 2.45) is 0 Å². The molecule has 1 aromatic carbocycles. The summed E-state index contributed by atoms with van der Waals surface area (Å²) < 4.78 is 1.08. The summed E-state index contributed by atoms with van der Waals surface area (Å²) in [6.07, 6.45) is 1.90. The predicted octanol–water partition coefficient (Wildman–Crippen LogP) is 4.08. The van der Waals surface area contributed by atoms with Crippen LogP contribution in [0.3, 0.4) is 0 Å². The number of anilines is 1. The minimum absolute atomic E-state index is 0.288. The van der Waals surface area contributed by atoms with Crippen LogP contribution in [0.4, 0.5) is 5.69 Å². The van der Waals surface area contributed by atoms with Gasteiger partial charge in [-0.3, -0.25) is 4.98 Å². The summed E-state index contributed by atoms with van der Waals surface area (Å²) in [5.74, 6) is 0. The third kappa shape index (κ3) is 2.58. The molecule has 1 N–H and O–H groups in total. The van der Waals surface area contributed by atoms with E-state index in [-0.39, 0.29) is 6.04 Å². The van der Waals surface area contributed by atoms with Gasteiger partial charge in [0.25, 0.3) is 0 Å². The van der Waals surface area contributed by atoms with Crippen LogP contribution in [0.5, 0.6) is 0 Å². The molecule has 0 amide bonds. The van der Waals surface area contributed by atoms with Gasteiger partial charge in [0.1, 0.15) is 0 Å². The van der Waals surface area contributed by atoms with E-state index < -0.39 is 0 Å². The summed E-state index contributed by atoms with van der Waals surface area (Å²) in [7, 11) is 0. The Bertz CT molecular complexity index is 428. The fourth-order valence-corrected chi connectivity index (χ4v) is 2.35. The number of nitrogens with one attached hydrogen (secondary N) is 1. The fraction of sp³-hybridized carbons (Fsp3) is 0.182. The zero-order chi connectivity index (χ0) is 10.7. The van der Waals surface area contributed by atoms with Gasteiger partial charge in [0.05, 0.1) is 11.6 Å². The first-order valence-corrected chi connectivity index (χ1v) is 6.34. The standard InChI is InChI=1S/C11H11BrN2S/c1-8(11-6-13-7-15-11)14-10-5-3-2-4-9(10)12/h2-8,14H,1H3. The summed E-state index contributed by atoms with van der Waals surface area (Å²) in [5.41, 5.74) is 2.96. The monoisotopic (exact) mass is 282 g/mol. The maximum atomic E-state index is 4.07. The number of benzene rings is 1. The van der Waals surface area contributed by atoms with E-state index in [0.717, 1.165) is 10.2 Å².